The van der Waals surface area contributed by atoms with Crippen LogP contribution in [0.1, 0.15) is 41.3 Å². The van der Waals surface area contributed by atoms with Gasteiger partial charge in [0.2, 0.25) is 12.3 Å². The van der Waals surface area contributed by atoms with E-state index in [1.165, 1.54) is 52.3 Å². The number of likely N-dealkylation sites (tertiary alicyclic amines) is 1. The van der Waals surface area contributed by atoms with Gasteiger partial charge in [-0.05, 0) is 42.3 Å². The van der Waals surface area contributed by atoms with Gasteiger partial charge in [-0.3, -0.25) is 24.5 Å². The van der Waals surface area contributed by atoms with Crippen LogP contribution in [0.4, 0.5) is 21.5 Å². The number of hydrogen-bond donors (Lipinski definition) is 1. The minimum Gasteiger partial charge on any atom is -0.465 e. The number of rotatable bonds is 5. The van der Waals surface area contributed by atoms with E-state index in [1.807, 2.05) is 0 Å². The molecule has 1 N–H and O–H groups in total. The molecule has 0 aromatic heterocycles. The number of hydrogen-bond acceptors (Lipinski definition) is 7. The summed E-state index contributed by atoms with van der Waals surface area (Å²) in [4.78, 5) is 67.2. The Morgan fingerprint density at radius 2 is 1.93 bits per heavy atom. The topological polar surface area (TPSA) is 139 Å². The molecule has 3 heterocycles. The monoisotopic (exact) mass is 642 g/mol. The fraction of sp³-hybridized carbons (Fsp3) is 0.267. The molecule has 2 saturated heterocycles. The highest BCUT2D eigenvalue weighted by atomic mass is 35.5. The van der Waals surface area contributed by atoms with Gasteiger partial charge in [0.1, 0.15) is 11.5 Å². The lowest BCUT2D eigenvalue weighted by molar-refractivity contribution is -0.384. The minimum atomic E-state index is -1.87. The van der Waals surface area contributed by atoms with Gasteiger partial charge in [0.05, 0.1) is 28.5 Å². The molecule has 14 heteroatoms. The van der Waals surface area contributed by atoms with Crippen LogP contribution in [-0.4, -0.2) is 53.7 Å². The Kier molecular flexibility index (Phi) is 7.85. The first-order valence-corrected chi connectivity index (χ1v) is 13.8. The molecule has 11 nitrogen and oxygen atoms in total. The number of fused-ring (bicyclic) bond motifs is 3. The number of anilines is 2. The lowest BCUT2D eigenvalue weighted by atomic mass is 9.70. The number of methoxy groups -OCH3 is 1. The van der Waals surface area contributed by atoms with E-state index in [4.69, 9.17) is 23.2 Å². The van der Waals surface area contributed by atoms with Crippen molar-refractivity contribution >= 4 is 64.5 Å². The van der Waals surface area contributed by atoms with Crippen molar-refractivity contribution in [3.63, 3.8) is 0 Å². The Morgan fingerprint density at radius 1 is 1.18 bits per heavy atom. The first kappa shape index (κ1) is 30.9. The van der Waals surface area contributed by atoms with Crippen molar-refractivity contribution in [2.24, 2.45) is 5.92 Å². The quantitative estimate of drug-likeness (QED) is 0.173. The fourth-order valence-electron chi connectivity index (χ4n) is 6.83. The van der Waals surface area contributed by atoms with Gasteiger partial charge in [0.15, 0.2) is 5.54 Å². The largest absolute Gasteiger partial charge is 0.465 e. The first-order valence-electron chi connectivity index (χ1n) is 13.0. The second-order valence-electron chi connectivity index (χ2n) is 10.4. The molecule has 228 valence electrons. The van der Waals surface area contributed by atoms with Gasteiger partial charge in [-0.15, -0.1) is 0 Å². The summed E-state index contributed by atoms with van der Waals surface area (Å²) in [5.74, 6) is -5.52. The zero-order chi connectivity index (χ0) is 30.8. The van der Waals surface area contributed by atoms with Crippen molar-refractivity contribution in [1.82, 2.24) is 4.90 Å². The Bertz CT molecular complexity index is 1750. The highest BCUT2D eigenvalue weighted by molar-refractivity contribution is 6.31. The summed E-state index contributed by atoms with van der Waals surface area (Å²) in [6.45, 7) is -0.0708. The van der Waals surface area contributed by atoms with E-state index >= 15 is 4.39 Å². The van der Waals surface area contributed by atoms with E-state index in [9.17, 15) is 29.3 Å². The lowest BCUT2D eigenvalue weighted by Crippen LogP contribution is -2.52. The minimum absolute atomic E-state index is 0. The molecule has 0 bridgehead atoms. The Morgan fingerprint density at radius 3 is 2.61 bits per heavy atom. The molecule has 3 aliphatic heterocycles. The van der Waals surface area contributed by atoms with Gasteiger partial charge in [0, 0.05) is 40.8 Å². The fourth-order valence-corrected chi connectivity index (χ4v) is 7.19. The normalized spacial score (nSPS) is 23.5. The molecule has 2 fully saturated rings. The number of nitrogens with one attached hydrogen (secondary N) is 1. The third-order valence-electron chi connectivity index (χ3n) is 8.49. The molecular weight excluding hydrogens is 618 g/mol. The van der Waals surface area contributed by atoms with Crippen LogP contribution in [0.3, 0.4) is 0 Å². The summed E-state index contributed by atoms with van der Waals surface area (Å²) in [7, 11) is 1.13. The van der Waals surface area contributed by atoms with E-state index in [0.29, 0.717) is 22.7 Å². The Balaban J connectivity index is 0.00000384. The number of benzene rings is 3. The smallest absolute Gasteiger partial charge is 0.338 e. The molecule has 3 amide bonds. The number of carbonyl (C=O) groups is 4. The molecule has 3 aromatic carbocycles. The number of nitrogens with zero attached hydrogens (tertiary/aromatic N) is 3. The Labute approximate surface area is 260 Å². The molecule has 4 atom stereocenters. The SMILES string of the molecule is C.COC(=O)c1ccc(N2CC[C@H]3[C@@H](C2=O)[C@H](c2cccc(Cl)c2F)[C@]2(C(=O)Nc4cc(Cl)ccc42)N3C=O)c([N+](=O)[O-])c1. The standard InChI is InChI=1S/C29H21Cl2FN4O7.CH4/c1-43-27(39)14-5-8-20(22(11-14)36(41)42)34-10-9-21-23(26(34)38)24(16-3-2-4-18(31)25(16)32)29(35(21)13-37)17-7-6-15(30)12-19(17)33-28(29)40;/h2-8,11-13,21,23-24H,9-10H2,1H3,(H,33,40);1H4/t21-,23+,24-,29+;/m0./s1. The number of ether oxygens (including phenoxy) is 1. The molecular formula is C30H25Cl2FN4O7. The number of esters is 1. The van der Waals surface area contributed by atoms with Crippen molar-refractivity contribution in [3.05, 3.63) is 97.3 Å². The third-order valence-corrected chi connectivity index (χ3v) is 9.02. The summed E-state index contributed by atoms with van der Waals surface area (Å²) >= 11 is 12.4. The number of piperidine rings is 1. The van der Waals surface area contributed by atoms with Crippen LogP contribution in [0, 0.1) is 21.8 Å². The van der Waals surface area contributed by atoms with E-state index < -0.39 is 57.6 Å². The number of amides is 3. The van der Waals surface area contributed by atoms with Crippen LogP contribution >= 0.6 is 23.2 Å². The van der Waals surface area contributed by atoms with E-state index in [0.717, 1.165) is 13.2 Å². The van der Waals surface area contributed by atoms with Crippen LogP contribution in [-0.2, 0) is 24.7 Å². The van der Waals surface area contributed by atoms with Crippen LogP contribution in [0.5, 0.6) is 0 Å². The molecule has 3 aliphatic rings. The summed E-state index contributed by atoms with van der Waals surface area (Å²) in [6.07, 6.45) is 0.571. The highest BCUT2D eigenvalue weighted by Crippen LogP contribution is 2.61. The maximum atomic E-state index is 15.9. The Hall–Kier alpha value is -4.55. The number of nitro groups is 1. The second kappa shape index (κ2) is 11.2. The van der Waals surface area contributed by atoms with Crippen LogP contribution in [0.15, 0.2) is 54.6 Å². The predicted molar refractivity (Wildman–Crippen MR) is 159 cm³/mol. The molecule has 0 unspecified atom stereocenters. The van der Waals surface area contributed by atoms with E-state index in [-0.39, 0.29) is 42.2 Å². The number of halogens is 3. The number of nitro benzene ring substituents is 1. The van der Waals surface area contributed by atoms with Gasteiger partial charge in [0.25, 0.3) is 11.6 Å². The average molecular weight is 643 g/mol. The zero-order valence-electron chi connectivity index (χ0n) is 22.3. The molecule has 1 spiro atoms. The van der Waals surface area contributed by atoms with Crippen LogP contribution in [0.2, 0.25) is 10.0 Å². The van der Waals surface area contributed by atoms with Crippen molar-refractivity contribution in [3.8, 4) is 0 Å². The van der Waals surface area contributed by atoms with Crippen molar-refractivity contribution in [2.45, 2.75) is 31.3 Å². The summed E-state index contributed by atoms with van der Waals surface area (Å²) < 4.78 is 20.5. The summed E-state index contributed by atoms with van der Waals surface area (Å²) in [6, 6.07) is 11.5. The van der Waals surface area contributed by atoms with Gasteiger partial charge < -0.3 is 19.9 Å². The molecule has 0 saturated carbocycles. The van der Waals surface area contributed by atoms with Gasteiger partial charge >= 0.3 is 5.97 Å². The molecule has 0 radical (unpaired) electrons. The first-order chi connectivity index (χ1) is 20.6. The molecule has 3 aromatic rings. The van der Waals surface area contributed by atoms with Crippen LogP contribution in [0.25, 0.3) is 0 Å². The summed E-state index contributed by atoms with van der Waals surface area (Å²) in [5, 5.41) is 14.9. The van der Waals surface area contributed by atoms with E-state index in [2.05, 4.69) is 10.1 Å². The second-order valence-corrected chi connectivity index (χ2v) is 11.2. The lowest BCUT2D eigenvalue weighted by Gasteiger charge is -2.37. The zero-order valence-corrected chi connectivity index (χ0v) is 23.8. The molecule has 6 rings (SSSR count). The molecule has 44 heavy (non-hydrogen) atoms. The van der Waals surface area contributed by atoms with Crippen molar-refractivity contribution in [2.75, 3.05) is 23.9 Å². The average Bonchev–Trinajstić information content (AvgIpc) is 3.44. The highest BCUT2D eigenvalue weighted by Gasteiger charge is 2.70. The van der Waals surface area contributed by atoms with Crippen LogP contribution < -0.4 is 10.2 Å². The van der Waals surface area contributed by atoms with Crippen molar-refractivity contribution in [1.29, 1.82) is 0 Å². The predicted octanol–water partition coefficient (Wildman–Crippen LogP) is 5.29. The maximum Gasteiger partial charge on any atom is 0.338 e. The van der Waals surface area contributed by atoms with Crippen molar-refractivity contribution < 1.29 is 33.2 Å². The number of carbonyl (C=O) groups excluding carboxylic acids is 4. The van der Waals surface area contributed by atoms with Gasteiger partial charge in [-0.1, -0.05) is 48.8 Å². The van der Waals surface area contributed by atoms with Gasteiger partial charge in [-0.25, -0.2) is 9.18 Å². The summed E-state index contributed by atoms with van der Waals surface area (Å²) in [5.41, 5.74) is -2.05. The molecule has 0 aliphatic carbocycles. The van der Waals surface area contributed by atoms with E-state index in [1.54, 1.807) is 6.07 Å². The third kappa shape index (κ3) is 4.23. The maximum absolute atomic E-state index is 15.9. The van der Waals surface area contributed by atoms with Gasteiger partial charge in [-0.2, -0.15) is 0 Å².